The SMILES string of the molecule is CC(C)(C)c1ccc(OC(c2ccc(C(C)(C)C)cc2C(C)(C)C)(c2ccc(C(C)(C)C)cc2C(C)(C)C)C(CO)(COP(O)O)COP(O)O)c(C(C)(C)C)c1. The molecule has 0 aliphatic rings. The first-order valence-electron chi connectivity index (χ1n) is 20.0. The van der Waals surface area contributed by atoms with Crippen LogP contribution in [0.1, 0.15) is 169 Å². The molecule has 0 heterocycles. The third-order valence-electron chi connectivity index (χ3n) is 11.0. The van der Waals surface area contributed by atoms with E-state index in [9.17, 15) is 24.7 Å². The third kappa shape index (κ3) is 11.3. The molecule has 3 aromatic carbocycles. The van der Waals surface area contributed by atoms with Crippen molar-refractivity contribution in [2.75, 3.05) is 19.8 Å². The molecule has 0 amide bonds. The van der Waals surface area contributed by atoms with Crippen LogP contribution in [0.2, 0.25) is 0 Å². The van der Waals surface area contributed by atoms with E-state index in [-0.39, 0.29) is 16.2 Å². The highest BCUT2D eigenvalue weighted by molar-refractivity contribution is 7.39. The first-order valence-corrected chi connectivity index (χ1v) is 22.3. The standard InChI is InChI=1S/C47H74O8P2/c1-40(2,3)31-19-22-34(36(25-31)43(10,11)12)47(46(28-48,29-53-56(49)50)30-54-57(51)52,35-23-20-32(41(4,5)6)26-37(35)44(13,14)15)55-39-24-21-33(42(7,8)9)27-38(39)45(16,17)18/h19-27,48-52H,28-30H2,1-18H3. The lowest BCUT2D eigenvalue weighted by Crippen LogP contribution is -2.59. The summed E-state index contributed by atoms with van der Waals surface area (Å²) in [6.07, 6.45) is 0. The Hall–Kier alpha value is -1.96. The van der Waals surface area contributed by atoms with Crippen molar-refractivity contribution < 1.29 is 38.5 Å². The Morgan fingerprint density at radius 3 is 1.02 bits per heavy atom. The Balaban J connectivity index is 2.94. The highest BCUT2D eigenvalue weighted by Gasteiger charge is 2.60. The van der Waals surface area contributed by atoms with E-state index in [4.69, 9.17) is 13.8 Å². The molecule has 0 saturated heterocycles. The molecule has 0 aliphatic carbocycles. The number of hydrogen-bond acceptors (Lipinski definition) is 8. The minimum absolute atomic E-state index is 0.171. The van der Waals surface area contributed by atoms with Crippen molar-refractivity contribution in [3.05, 3.63) is 99.1 Å². The van der Waals surface area contributed by atoms with Gasteiger partial charge in [-0.15, -0.1) is 0 Å². The minimum Gasteiger partial charge on any atom is -0.477 e. The topological polar surface area (TPSA) is 129 Å². The summed E-state index contributed by atoms with van der Waals surface area (Å²) in [5, 5.41) is 12.1. The molecule has 3 aromatic rings. The van der Waals surface area contributed by atoms with Crippen molar-refractivity contribution in [1.82, 2.24) is 0 Å². The van der Waals surface area contributed by atoms with E-state index in [1.54, 1.807) is 0 Å². The van der Waals surface area contributed by atoms with Crippen LogP contribution in [0.5, 0.6) is 5.75 Å². The summed E-state index contributed by atoms with van der Waals surface area (Å²) in [6.45, 7) is 37.2. The Labute approximate surface area is 347 Å². The van der Waals surface area contributed by atoms with Gasteiger partial charge in [0.25, 0.3) is 0 Å². The normalized spacial score (nSPS) is 14.2. The molecule has 0 aromatic heterocycles. The van der Waals surface area contributed by atoms with E-state index < -0.39 is 64.3 Å². The highest BCUT2D eigenvalue weighted by Crippen LogP contribution is 2.57. The maximum Gasteiger partial charge on any atom is 0.327 e. The maximum atomic E-state index is 12.1. The Morgan fingerprint density at radius 1 is 0.421 bits per heavy atom. The van der Waals surface area contributed by atoms with Gasteiger partial charge in [0.2, 0.25) is 0 Å². The van der Waals surface area contributed by atoms with Gasteiger partial charge >= 0.3 is 17.2 Å². The third-order valence-corrected chi connectivity index (χ3v) is 11.7. The predicted octanol–water partition coefficient (Wildman–Crippen LogP) is 11.2. The number of aliphatic hydroxyl groups is 1. The number of rotatable bonds is 12. The second-order valence-corrected chi connectivity index (χ2v) is 23.5. The Kier molecular flexibility index (Phi) is 14.9. The molecule has 8 nitrogen and oxygen atoms in total. The molecular weight excluding hydrogens is 754 g/mol. The largest absolute Gasteiger partial charge is 0.477 e. The Bertz CT molecular complexity index is 1740. The maximum absolute atomic E-state index is 12.1. The molecule has 0 unspecified atom stereocenters. The summed E-state index contributed by atoms with van der Waals surface area (Å²) < 4.78 is 19.5. The van der Waals surface area contributed by atoms with Crippen LogP contribution in [0.4, 0.5) is 0 Å². The molecule has 3 rings (SSSR count). The lowest BCUT2D eigenvalue weighted by molar-refractivity contribution is -0.116. The van der Waals surface area contributed by atoms with Gasteiger partial charge in [-0.25, -0.2) is 0 Å². The first-order chi connectivity index (χ1) is 25.6. The van der Waals surface area contributed by atoms with Crippen molar-refractivity contribution in [1.29, 1.82) is 0 Å². The fraction of sp³-hybridized carbons (Fsp3) is 0.617. The molecule has 0 spiro atoms. The van der Waals surface area contributed by atoms with Crippen LogP contribution in [0.3, 0.4) is 0 Å². The summed E-state index contributed by atoms with van der Waals surface area (Å²) in [6, 6.07) is 19.0. The number of aliphatic hydroxyl groups excluding tert-OH is 1. The van der Waals surface area contributed by atoms with Gasteiger partial charge < -0.3 is 38.5 Å². The quantitative estimate of drug-likeness (QED) is 0.114. The lowest BCUT2D eigenvalue weighted by atomic mass is 9.59. The monoisotopic (exact) mass is 828 g/mol. The van der Waals surface area contributed by atoms with Crippen molar-refractivity contribution in [2.45, 2.75) is 163 Å². The van der Waals surface area contributed by atoms with E-state index in [0.29, 0.717) is 16.9 Å². The highest BCUT2D eigenvalue weighted by atomic mass is 31.2. The summed E-state index contributed by atoms with van der Waals surface area (Å²) in [4.78, 5) is 41.6. The van der Waals surface area contributed by atoms with Gasteiger partial charge in [0.15, 0.2) is 5.60 Å². The molecule has 0 fully saturated rings. The predicted molar refractivity (Wildman–Crippen MR) is 237 cm³/mol. The van der Waals surface area contributed by atoms with Gasteiger partial charge in [0.1, 0.15) is 5.75 Å². The molecule has 0 radical (unpaired) electrons. The number of hydrogen-bond donors (Lipinski definition) is 5. The minimum atomic E-state index is -2.93. The molecular formula is C47H74O8P2. The number of benzene rings is 3. The van der Waals surface area contributed by atoms with Crippen LogP contribution < -0.4 is 4.74 Å². The van der Waals surface area contributed by atoms with E-state index in [2.05, 4.69) is 173 Å². The Morgan fingerprint density at radius 2 is 0.737 bits per heavy atom. The van der Waals surface area contributed by atoms with Crippen LogP contribution in [-0.4, -0.2) is 44.5 Å². The van der Waals surface area contributed by atoms with Crippen molar-refractivity contribution in [3.8, 4) is 5.75 Å². The summed E-state index contributed by atoms with van der Waals surface area (Å²) in [7, 11) is -5.85. The van der Waals surface area contributed by atoms with E-state index >= 15 is 0 Å². The zero-order valence-electron chi connectivity index (χ0n) is 38.2. The molecule has 0 saturated carbocycles. The molecule has 5 N–H and O–H groups in total. The van der Waals surface area contributed by atoms with Crippen LogP contribution in [0, 0.1) is 5.41 Å². The van der Waals surface area contributed by atoms with Gasteiger partial charge in [0, 0.05) is 11.1 Å². The molecule has 320 valence electrons. The molecule has 0 atom stereocenters. The fourth-order valence-electron chi connectivity index (χ4n) is 7.46. The van der Waals surface area contributed by atoms with Crippen LogP contribution >= 0.6 is 17.2 Å². The van der Waals surface area contributed by atoms with Gasteiger partial charge in [-0.3, -0.25) is 0 Å². The first kappa shape index (κ1) is 49.4. The zero-order valence-corrected chi connectivity index (χ0v) is 40.0. The van der Waals surface area contributed by atoms with Gasteiger partial charge in [-0.1, -0.05) is 173 Å². The average Bonchev–Trinajstić information content (AvgIpc) is 3.04. The number of ether oxygens (including phenoxy) is 1. The van der Waals surface area contributed by atoms with Gasteiger partial charge in [-0.2, -0.15) is 0 Å². The summed E-state index contributed by atoms with van der Waals surface area (Å²) in [5.41, 5.74) is 2.04. The fourth-order valence-corrected chi connectivity index (χ4v) is 8.18. The second kappa shape index (κ2) is 17.2. The zero-order chi connectivity index (χ0) is 44.0. The van der Waals surface area contributed by atoms with Crippen molar-refractivity contribution in [2.24, 2.45) is 5.41 Å². The van der Waals surface area contributed by atoms with Crippen LogP contribution in [0.15, 0.2) is 54.6 Å². The second-order valence-electron chi connectivity index (χ2n) is 22.0. The molecule has 0 aliphatic heterocycles. The van der Waals surface area contributed by atoms with E-state index in [1.165, 1.54) is 0 Å². The van der Waals surface area contributed by atoms with Crippen LogP contribution in [0.25, 0.3) is 0 Å². The van der Waals surface area contributed by atoms with Gasteiger partial charge in [-0.05, 0) is 71.9 Å². The molecule has 10 heteroatoms. The van der Waals surface area contributed by atoms with Crippen molar-refractivity contribution >= 4 is 17.2 Å². The summed E-state index contributed by atoms with van der Waals surface area (Å²) in [5.74, 6) is 0.554. The van der Waals surface area contributed by atoms with Gasteiger partial charge in [0.05, 0.1) is 25.2 Å². The van der Waals surface area contributed by atoms with E-state index in [0.717, 1.165) is 33.4 Å². The van der Waals surface area contributed by atoms with Crippen LogP contribution in [-0.2, 0) is 47.1 Å². The smallest absolute Gasteiger partial charge is 0.327 e. The van der Waals surface area contributed by atoms with E-state index in [1.807, 2.05) is 6.07 Å². The molecule has 57 heavy (non-hydrogen) atoms. The average molecular weight is 829 g/mol. The lowest BCUT2D eigenvalue weighted by Gasteiger charge is -2.53. The molecule has 0 bridgehead atoms. The summed E-state index contributed by atoms with van der Waals surface area (Å²) >= 11 is 0. The van der Waals surface area contributed by atoms with Crippen molar-refractivity contribution in [3.63, 3.8) is 0 Å².